The Hall–Kier alpha value is -0.880. The molecule has 0 bridgehead atoms. The van der Waals surface area contributed by atoms with Crippen LogP contribution in [-0.4, -0.2) is 43.3 Å². The number of nitrogens with zero attached hydrogens (tertiary/aromatic N) is 1. The Morgan fingerprint density at radius 2 is 1.38 bits per heavy atom. The van der Waals surface area contributed by atoms with Crippen LogP contribution in [0.3, 0.4) is 0 Å². The third kappa shape index (κ3) is 21.2. The highest BCUT2D eigenvalue weighted by Gasteiger charge is 2.10. The first-order chi connectivity index (χ1) is 12.5. The number of hydrogen-bond acceptors (Lipinski definition) is 3. The second-order valence-corrected chi connectivity index (χ2v) is 8.48. The van der Waals surface area contributed by atoms with Gasteiger partial charge in [-0.2, -0.15) is 8.42 Å². The van der Waals surface area contributed by atoms with Gasteiger partial charge in [0.25, 0.3) is 10.1 Å². The molecule has 26 heavy (non-hydrogen) atoms. The van der Waals surface area contributed by atoms with Crippen LogP contribution in [0.5, 0.6) is 0 Å². The molecule has 0 spiro atoms. The van der Waals surface area contributed by atoms with Crippen molar-refractivity contribution >= 4 is 16.8 Å². The molecule has 154 valence electrons. The quantitative estimate of drug-likeness (QED) is 0.0825. The molecule has 0 aliphatic rings. The summed E-state index contributed by atoms with van der Waals surface area (Å²) in [5.41, 5.74) is 0. The van der Waals surface area contributed by atoms with Gasteiger partial charge in [0.2, 0.25) is 6.54 Å². The van der Waals surface area contributed by atoms with Crippen LogP contribution in [0, 0.1) is 0 Å². The standard InChI is InChI=1S/C20H39NO4S/c1-3-4-5-6-7-8-9-10-11-12-13-14-15-16-17-19-25-21(2)18-20-26(22,23)24/h9-10H,2-8,11-20H2,1H3/p+1/b10-9-. The first-order valence-electron chi connectivity index (χ1n) is 10.3. The van der Waals surface area contributed by atoms with Crippen molar-refractivity contribution in [2.24, 2.45) is 0 Å². The van der Waals surface area contributed by atoms with E-state index in [2.05, 4.69) is 25.8 Å². The van der Waals surface area contributed by atoms with Crippen LogP contribution in [0.25, 0.3) is 0 Å². The Morgan fingerprint density at radius 1 is 0.885 bits per heavy atom. The summed E-state index contributed by atoms with van der Waals surface area (Å²) in [6.07, 6.45) is 20.9. The van der Waals surface area contributed by atoms with Gasteiger partial charge in [0.1, 0.15) is 5.75 Å². The third-order valence-electron chi connectivity index (χ3n) is 4.28. The third-order valence-corrected chi connectivity index (χ3v) is 4.98. The summed E-state index contributed by atoms with van der Waals surface area (Å²) in [5, 5.41) is 0. The van der Waals surface area contributed by atoms with E-state index in [0.717, 1.165) is 12.8 Å². The van der Waals surface area contributed by atoms with Gasteiger partial charge in [-0.05, 0) is 43.3 Å². The minimum Gasteiger partial charge on any atom is -0.285 e. The SMILES string of the molecule is C=[N+](CCS(=O)(=O)O)OCCCCCCCC/C=C\CCCCCCC. The fraction of sp³-hybridized carbons (Fsp3) is 0.850. The smallest absolute Gasteiger partial charge is 0.271 e. The second-order valence-electron chi connectivity index (χ2n) is 6.91. The molecule has 0 rings (SSSR count). The highest BCUT2D eigenvalue weighted by Crippen LogP contribution is 2.09. The zero-order valence-electron chi connectivity index (χ0n) is 16.7. The minimum atomic E-state index is -3.95. The van der Waals surface area contributed by atoms with Crippen molar-refractivity contribution in [2.45, 2.75) is 90.4 Å². The van der Waals surface area contributed by atoms with Crippen LogP contribution in [-0.2, 0) is 15.0 Å². The van der Waals surface area contributed by atoms with Crippen LogP contribution in [0.15, 0.2) is 12.2 Å². The Morgan fingerprint density at radius 3 is 1.92 bits per heavy atom. The summed E-state index contributed by atoms with van der Waals surface area (Å²) < 4.78 is 31.1. The molecule has 0 amide bonds. The lowest BCUT2D eigenvalue weighted by atomic mass is 10.1. The molecule has 0 aliphatic carbocycles. The molecule has 5 nitrogen and oxygen atoms in total. The maximum Gasteiger partial charge on any atom is 0.271 e. The zero-order valence-corrected chi connectivity index (χ0v) is 17.5. The van der Waals surface area contributed by atoms with E-state index in [1.54, 1.807) is 0 Å². The predicted molar refractivity (Wildman–Crippen MR) is 109 cm³/mol. The maximum absolute atomic E-state index is 10.6. The van der Waals surface area contributed by atoms with Crippen LogP contribution < -0.4 is 0 Å². The van der Waals surface area contributed by atoms with Crippen molar-refractivity contribution in [1.29, 1.82) is 0 Å². The number of hydrogen-bond donors (Lipinski definition) is 1. The molecular formula is C20H40NO4S+. The summed E-state index contributed by atoms with van der Waals surface area (Å²) in [6, 6.07) is 0. The highest BCUT2D eigenvalue weighted by molar-refractivity contribution is 7.85. The van der Waals surface area contributed by atoms with Gasteiger partial charge in [-0.25, -0.2) is 0 Å². The molecule has 6 heteroatoms. The van der Waals surface area contributed by atoms with E-state index in [1.165, 1.54) is 75.4 Å². The topological polar surface area (TPSA) is 66.6 Å². The van der Waals surface area contributed by atoms with Crippen molar-refractivity contribution < 1.29 is 22.5 Å². The van der Waals surface area contributed by atoms with Crippen molar-refractivity contribution in [3.8, 4) is 0 Å². The molecule has 0 saturated heterocycles. The molecular weight excluding hydrogens is 350 g/mol. The van der Waals surface area contributed by atoms with E-state index in [9.17, 15) is 8.42 Å². The first-order valence-corrected chi connectivity index (χ1v) is 11.9. The van der Waals surface area contributed by atoms with Crippen LogP contribution >= 0.6 is 0 Å². The first kappa shape index (κ1) is 25.1. The Bertz CT molecular complexity index is 460. The largest absolute Gasteiger partial charge is 0.285 e. The number of hydroxylamine groups is 1. The van der Waals surface area contributed by atoms with E-state index in [0.29, 0.717) is 6.61 Å². The second kappa shape index (κ2) is 17.5. The van der Waals surface area contributed by atoms with Gasteiger partial charge in [0.15, 0.2) is 13.3 Å². The molecule has 1 N–H and O–H groups in total. The average molecular weight is 391 g/mol. The molecule has 0 unspecified atom stereocenters. The molecule has 0 aromatic carbocycles. The predicted octanol–water partition coefficient (Wildman–Crippen LogP) is 5.17. The van der Waals surface area contributed by atoms with Gasteiger partial charge >= 0.3 is 0 Å². The van der Waals surface area contributed by atoms with Crippen LogP contribution in [0.2, 0.25) is 0 Å². The summed E-state index contributed by atoms with van der Waals surface area (Å²) >= 11 is 0. The van der Waals surface area contributed by atoms with Crippen LogP contribution in [0.1, 0.15) is 90.4 Å². The molecule has 0 heterocycles. The van der Waals surface area contributed by atoms with Crippen LogP contribution in [0.4, 0.5) is 0 Å². The molecule has 0 radical (unpaired) electrons. The number of unbranched alkanes of at least 4 members (excludes halogenated alkanes) is 11. The number of rotatable bonds is 19. The molecule has 0 aliphatic heterocycles. The lowest BCUT2D eigenvalue weighted by Crippen LogP contribution is -2.20. The zero-order chi connectivity index (χ0) is 19.5. The summed E-state index contributed by atoms with van der Waals surface area (Å²) in [5.74, 6) is -0.357. The minimum absolute atomic E-state index is 0.0745. The van der Waals surface area contributed by atoms with Gasteiger partial charge in [0, 0.05) is 0 Å². The fourth-order valence-corrected chi connectivity index (χ4v) is 3.08. The van der Waals surface area contributed by atoms with E-state index < -0.39 is 10.1 Å². The average Bonchev–Trinajstić information content (AvgIpc) is 2.59. The summed E-state index contributed by atoms with van der Waals surface area (Å²) in [6.45, 7) is 6.44. The van der Waals surface area contributed by atoms with Gasteiger partial charge in [-0.1, -0.05) is 64.0 Å². The van der Waals surface area contributed by atoms with Crippen molar-refractivity contribution in [3.63, 3.8) is 0 Å². The van der Waals surface area contributed by atoms with Gasteiger partial charge in [0.05, 0.1) is 0 Å². The normalized spacial score (nSPS) is 11.9. The van der Waals surface area contributed by atoms with E-state index >= 15 is 0 Å². The lowest BCUT2D eigenvalue weighted by molar-refractivity contribution is -0.779. The summed E-state index contributed by atoms with van der Waals surface area (Å²) in [4.78, 5) is 5.29. The Kier molecular flexibility index (Phi) is 16.9. The monoisotopic (exact) mass is 390 g/mol. The molecule has 0 fully saturated rings. The molecule has 0 aromatic rings. The maximum atomic E-state index is 10.6. The summed E-state index contributed by atoms with van der Waals surface area (Å²) in [7, 11) is -3.95. The van der Waals surface area contributed by atoms with E-state index in [-0.39, 0.29) is 12.3 Å². The van der Waals surface area contributed by atoms with E-state index in [1.807, 2.05) is 0 Å². The van der Waals surface area contributed by atoms with Crippen molar-refractivity contribution in [2.75, 3.05) is 18.9 Å². The molecule has 0 aromatic heterocycles. The Balaban J connectivity index is 3.25. The molecule has 0 atom stereocenters. The van der Waals surface area contributed by atoms with Crippen molar-refractivity contribution in [1.82, 2.24) is 0 Å². The van der Waals surface area contributed by atoms with Crippen molar-refractivity contribution in [3.05, 3.63) is 12.2 Å². The van der Waals surface area contributed by atoms with E-state index in [4.69, 9.17) is 9.39 Å². The Labute approximate surface area is 161 Å². The number of allylic oxidation sites excluding steroid dienone is 2. The van der Waals surface area contributed by atoms with Gasteiger partial charge in [-0.3, -0.25) is 9.39 Å². The fourth-order valence-electron chi connectivity index (χ4n) is 2.65. The van der Waals surface area contributed by atoms with Gasteiger partial charge < -0.3 is 0 Å². The van der Waals surface area contributed by atoms with Gasteiger partial charge in [-0.15, -0.1) is 0 Å². The lowest BCUT2D eigenvalue weighted by Gasteiger charge is -2.02. The highest BCUT2D eigenvalue weighted by atomic mass is 32.2. The molecule has 0 saturated carbocycles.